The number of carboxylic acid groups (broad SMARTS) is 1. The fourth-order valence-electron chi connectivity index (χ4n) is 2.07. The SMILES string of the molecule is COc1cc(C(O)P(=O)(O)CCC[C@H](N)C(=O)O)cc([N+](=O)[O-])c1O. The zero-order chi connectivity index (χ0) is 19.4. The average Bonchev–Trinajstić information content (AvgIpc) is 2.53. The first-order chi connectivity index (χ1) is 11.5. The van der Waals surface area contributed by atoms with E-state index in [4.69, 9.17) is 15.6 Å². The Hall–Kier alpha value is -2.20. The number of phenolic OH excluding ortho intramolecular Hbond substituents is 1. The van der Waals surface area contributed by atoms with Crippen molar-refractivity contribution in [1.82, 2.24) is 0 Å². The summed E-state index contributed by atoms with van der Waals surface area (Å²) in [6, 6.07) is 0.583. The Morgan fingerprint density at radius 3 is 2.56 bits per heavy atom. The summed E-state index contributed by atoms with van der Waals surface area (Å²) >= 11 is 0. The van der Waals surface area contributed by atoms with E-state index in [9.17, 15) is 34.6 Å². The zero-order valence-electron chi connectivity index (χ0n) is 13.2. The molecule has 0 bridgehead atoms. The molecule has 0 aliphatic rings. The predicted molar refractivity (Wildman–Crippen MR) is 85.8 cm³/mol. The summed E-state index contributed by atoms with van der Waals surface area (Å²) in [5.41, 5.74) is 4.21. The Balaban J connectivity index is 3.02. The molecule has 11 nitrogen and oxygen atoms in total. The summed E-state index contributed by atoms with van der Waals surface area (Å²) < 4.78 is 17.0. The maximum atomic E-state index is 12.3. The number of nitro groups is 1. The molecule has 140 valence electrons. The van der Waals surface area contributed by atoms with Crippen molar-refractivity contribution in [2.24, 2.45) is 5.73 Å². The van der Waals surface area contributed by atoms with Crippen molar-refractivity contribution in [2.75, 3.05) is 13.3 Å². The van der Waals surface area contributed by atoms with Gasteiger partial charge in [0.25, 0.3) is 0 Å². The second kappa shape index (κ2) is 8.26. The van der Waals surface area contributed by atoms with Crippen LogP contribution in [0.1, 0.15) is 24.3 Å². The third-order valence-electron chi connectivity index (χ3n) is 3.48. The number of nitro benzene ring substituents is 1. The van der Waals surface area contributed by atoms with Gasteiger partial charge in [-0.25, -0.2) is 0 Å². The number of nitrogens with two attached hydrogens (primary N) is 1. The van der Waals surface area contributed by atoms with Crippen molar-refractivity contribution in [3.05, 3.63) is 27.8 Å². The average molecular weight is 378 g/mol. The van der Waals surface area contributed by atoms with E-state index in [1.165, 1.54) is 0 Å². The highest BCUT2D eigenvalue weighted by Gasteiger charge is 2.33. The highest BCUT2D eigenvalue weighted by atomic mass is 31.2. The molecule has 6 N–H and O–H groups in total. The van der Waals surface area contributed by atoms with Crippen molar-refractivity contribution in [3.63, 3.8) is 0 Å². The number of hydrogen-bond donors (Lipinski definition) is 5. The molecule has 0 fully saturated rings. The minimum atomic E-state index is -4.24. The molecule has 0 saturated heterocycles. The number of rotatable bonds is 9. The zero-order valence-corrected chi connectivity index (χ0v) is 14.1. The van der Waals surface area contributed by atoms with Crippen molar-refractivity contribution in [3.8, 4) is 11.5 Å². The number of carboxylic acids is 1. The van der Waals surface area contributed by atoms with Crippen molar-refractivity contribution < 1.29 is 39.2 Å². The molecule has 1 aromatic rings. The summed E-state index contributed by atoms with van der Waals surface area (Å²) in [6.07, 6.45) is -0.562. The van der Waals surface area contributed by atoms with Crippen LogP contribution >= 0.6 is 7.37 Å². The van der Waals surface area contributed by atoms with Crippen LogP contribution in [0, 0.1) is 10.1 Å². The molecule has 12 heteroatoms. The van der Waals surface area contributed by atoms with Gasteiger partial charge < -0.3 is 30.7 Å². The van der Waals surface area contributed by atoms with Crippen molar-refractivity contribution >= 4 is 19.0 Å². The van der Waals surface area contributed by atoms with Crippen molar-refractivity contribution in [2.45, 2.75) is 24.7 Å². The lowest BCUT2D eigenvalue weighted by Crippen LogP contribution is -2.30. The maximum absolute atomic E-state index is 12.3. The van der Waals surface area contributed by atoms with Crippen LogP contribution in [-0.4, -0.2) is 50.4 Å². The topological polar surface area (TPSA) is 193 Å². The molecule has 3 atom stereocenters. The van der Waals surface area contributed by atoms with Crippen LogP contribution in [0.5, 0.6) is 11.5 Å². The van der Waals surface area contributed by atoms with E-state index in [1.807, 2.05) is 0 Å². The Morgan fingerprint density at radius 1 is 1.48 bits per heavy atom. The summed E-state index contributed by atoms with van der Waals surface area (Å²) in [5, 5.41) is 39.4. The Kier molecular flexibility index (Phi) is 6.88. The first-order valence-corrected chi connectivity index (χ1v) is 8.96. The minimum Gasteiger partial charge on any atom is -0.500 e. The standard InChI is InChI=1S/C13H19N2O9P/c1-24-10-6-7(5-9(11(10)16)15(20)21)13(19)25(22,23)4-2-3-8(14)12(17)18/h5-6,8,13,16,19H,2-4,14H2,1H3,(H,17,18)(H,22,23)/t8-,13?/m0/s1. The second-order valence-electron chi connectivity index (χ2n) is 5.29. The third-order valence-corrected chi connectivity index (χ3v) is 5.50. The summed E-state index contributed by atoms with van der Waals surface area (Å²) in [7, 11) is -3.11. The van der Waals surface area contributed by atoms with Crippen LogP contribution in [0.25, 0.3) is 0 Å². The number of aromatic hydroxyl groups is 1. The first kappa shape index (κ1) is 20.8. The molecule has 0 aliphatic carbocycles. The molecule has 0 radical (unpaired) electrons. The Labute approximate surface area is 142 Å². The molecule has 0 heterocycles. The summed E-state index contributed by atoms with van der Waals surface area (Å²) in [6.45, 7) is 0. The van der Waals surface area contributed by atoms with E-state index in [-0.39, 0.29) is 24.2 Å². The number of hydrogen-bond acceptors (Lipinski definition) is 8. The number of benzene rings is 1. The fourth-order valence-corrected chi connectivity index (χ4v) is 3.57. The minimum absolute atomic E-state index is 0.0460. The molecule has 0 saturated carbocycles. The van der Waals surface area contributed by atoms with Gasteiger partial charge in [-0.05, 0) is 18.9 Å². The lowest BCUT2D eigenvalue weighted by molar-refractivity contribution is -0.386. The highest BCUT2D eigenvalue weighted by molar-refractivity contribution is 7.58. The number of methoxy groups -OCH3 is 1. The molecule has 1 aromatic carbocycles. The molecule has 0 amide bonds. The predicted octanol–water partition coefficient (Wildman–Crippen LogP) is 0.762. The second-order valence-corrected chi connectivity index (χ2v) is 7.74. The van der Waals surface area contributed by atoms with E-state index in [0.717, 1.165) is 19.2 Å². The fraction of sp³-hybridized carbons (Fsp3) is 0.462. The number of aliphatic carboxylic acids is 1. The summed E-state index contributed by atoms with van der Waals surface area (Å²) in [4.78, 5) is 30.6. The van der Waals surface area contributed by atoms with Gasteiger partial charge in [-0.1, -0.05) is 0 Å². The number of aliphatic hydroxyl groups is 1. The van der Waals surface area contributed by atoms with Gasteiger partial charge in [0.05, 0.1) is 12.0 Å². The quantitative estimate of drug-likeness (QED) is 0.232. The van der Waals surface area contributed by atoms with E-state index in [0.29, 0.717) is 0 Å². The Bertz CT molecular complexity index is 709. The van der Waals surface area contributed by atoms with Crippen LogP contribution in [0.4, 0.5) is 5.69 Å². The molecule has 0 spiro atoms. The van der Waals surface area contributed by atoms with Gasteiger partial charge >= 0.3 is 11.7 Å². The van der Waals surface area contributed by atoms with Crippen LogP contribution in [-0.2, 0) is 9.36 Å². The lowest BCUT2D eigenvalue weighted by Gasteiger charge is -2.19. The number of phenols is 1. The molecular formula is C13H19N2O9P. The number of carbonyl (C=O) groups is 1. The monoisotopic (exact) mass is 378 g/mol. The summed E-state index contributed by atoms with van der Waals surface area (Å²) in [5.74, 6) is -4.34. The van der Waals surface area contributed by atoms with E-state index < -0.39 is 47.7 Å². The van der Waals surface area contributed by atoms with Gasteiger partial charge in [0, 0.05) is 17.8 Å². The van der Waals surface area contributed by atoms with Crippen LogP contribution < -0.4 is 10.5 Å². The molecule has 2 unspecified atom stereocenters. The highest BCUT2D eigenvalue weighted by Crippen LogP contribution is 2.56. The van der Waals surface area contributed by atoms with E-state index >= 15 is 0 Å². The van der Waals surface area contributed by atoms with Gasteiger partial charge in [-0.3, -0.25) is 19.5 Å². The van der Waals surface area contributed by atoms with Crippen LogP contribution in [0.3, 0.4) is 0 Å². The van der Waals surface area contributed by atoms with Crippen LogP contribution in [0.15, 0.2) is 12.1 Å². The van der Waals surface area contributed by atoms with Gasteiger partial charge in [0.2, 0.25) is 13.1 Å². The largest absolute Gasteiger partial charge is 0.500 e. The normalized spacial score (nSPS) is 15.8. The molecular weight excluding hydrogens is 359 g/mol. The Morgan fingerprint density at radius 2 is 2.08 bits per heavy atom. The number of ether oxygens (including phenoxy) is 1. The van der Waals surface area contributed by atoms with Gasteiger partial charge in [0.15, 0.2) is 11.6 Å². The smallest absolute Gasteiger partial charge is 0.320 e. The lowest BCUT2D eigenvalue weighted by atomic mass is 10.2. The van der Waals surface area contributed by atoms with Crippen molar-refractivity contribution in [1.29, 1.82) is 0 Å². The molecule has 1 rings (SSSR count). The van der Waals surface area contributed by atoms with Gasteiger partial charge in [0.1, 0.15) is 6.04 Å². The first-order valence-electron chi connectivity index (χ1n) is 7.04. The number of aliphatic hydroxyl groups excluding tert-OH is 1. The molecule has 0 aliphatic heterocycles. The number of nitrogens with zero attached hydrogens (tertiary/aromatic N) is 1. The van der Waals surface area contributed by atoms with Gasteiger partial charge in [-0.15, -0.1) is 0 Å². The molecule has 0 aromatic heterocycles. The van der Waals surface area contributed by atoms with E-state index in [1.54, 1.807) is 0 Å². The van der Waals surface area contributed by atoms with Crippen LogP contribution in [0.2, 0.25) is 0 Å². The van der Waals surface area contributed by atoms with E-state index in [2.05, 4.69) is 0 Å². The maximum Gasteiger partial charge on any atom is 0.320 e. The van der Waals surface area contributed by atoms with Gasteiger partial charge in [-0.2, -0.15) is 0 Å². The molecule has 25 heavy (non-hydrogen) atoms. The third kappa shape index (κ3) is 5.13.